The number of imidazole rings is 1. The molecule has 0 radical (unpaired) electrons. The topological polar surface area (TPSA) is 29.9 Å². The van der Waals surface area contributed by atoms with Crippen LogP contribution >= 0.6 is 0 Å². The van der Waals surface area contributed by atoms with Crippen molar-refractivity contribution >= 4 is 11.0 Å². The van der Waals surface area contributed by atoms with Crippen LogP contribution in [0.1, 0.15) is 50.0 Å². The molecular weight excluding hydrogens is 246 g/mol. The zero-order valence-electron chi connectivity index (χ0n) is 12.4. The van der Waals surface area contributed by atoms with Gasteiger partial charge in [0.2, 0.25) is 0 Å². The number of aromatic nitrogens is 2. The van der Waals surface area contributed by atoms with Crippen LogP contribution in [0.3, 0.4) is 0 Å². The summed E-state index contributed by atoms with van der Waals surface area (Å²) in [5.41, 5.74) is 4.08. The summed E-state index contributed by atoms with van der Waals surface area (Å²) in [5, 5.41) is 3.55. The Morgan fingerprint density at radius 1 is 1.40 bits per heavy atom. The number of hydrogen-bond acceptors (Lipinski definition) is 2. The molecule has 3 heteroatoms. The van der Waals surface area contributed by atoms with E-state index in [1.165, 1.54) is 48.1 Å². The minimum atomic E-state index is 0.246. The van der Waals surface area contributed by atoms with Crippen LogP contribution in [0.2, 0.25) is 0 Å². The van der Waals surface area contributed by atoms with E-state index in [0.717, 1.165) is 13.1 Å². The SMILES string of the molecule is CCC1(c2nc3cc(C)ccc3n2C2CC2)CCNC1. The average Bonchev–Trinajstić information content (AvgIpc) is 3.04. The van der Waals surface area contributed by atoms with Crippen LogP contribution in [-0.4, -0.2) is 22.6 Å². The van der Waals surface area contributed by atoms with Gasteiger partial charge in [-0.25, -0.2) is 4.98 Å². The molecule has 2 aliphatic rings. The second-order valence-corrected chi connectivity index (χ2v) is 6.59. The molecule has 0 spiro atoms. The van der Waals surface area contributed by atoms with Gasteiger partial charge in [0.05, 0.1) is 11.0 Å². The van der Waals surface area contributed by atoms with E-state index in [-0.39, 0.29) is 5.41 Å². The zero-order valence-corrected chi connectivity index (χ0v) is 12.4. The van der Waals surface area contributed by atoms with Crippen molar-refractivity contribution in [3.8, 4) is 0 Å². The minimum absolute atomic E-state index is 0.246. The first kappa shape index (κ1) is 12.4. The number of rotatable bonds is 3. The Kier molecular flexibility index (Phi) is 2.68. The Morgan fingerprint density at radius 3 is 2.90 bits per heavy atom. The molecule has 4 rings (SSSR count). The maximum atomic E-state index is 5.08. The van der Waals surface area contributed by atoms with Gasteiger partial charge in [0.25, 0.3) is 0 Å². The van der Waals surface area contributed by atoms with Crippen molar-refractivity contribution in [1.29, 1.82) is 0 Å². The Morgan fingerprint density at radius 2 is 2.25 bits per heavy atom. The predicted molar refractivity (Wildman–Crippen MR) is 82.2 cm³/mol. The maximum absolute atomic E-state index is 5.08. The van der Waals surface area contributed by atoms with E-state index in [4.69, 9.17) is 4.98 Å². The van der Waals surface area contributed by atoms with Crippen LogP contribution in [0.15, 0.2) is 18.2 Å². The van der Waals surface area contributed by atoms with Gasteiger partial charge in [-0.15, -0.1) is 0 Å². The third kappa shape index (κ3) is 1.72. The molecular formula is C17H23N3. The van der Waals surface area contributed by atoms with Gasteiger partial charge in [0, 0.05) is 18.0 Å². The molecule has 2 fully saturated rings. The van der Waals surface area contributed by atoms with Crippen molar-refractivity contribution in [2.75, 3.05) is 13.1 Å². The second kappa shape index (κ2) is 4.32. The molecule has 2 aromatic rings. The number of nitrogens with zero attached hydrogens (tertiary/aromatic N) is 2. The first-order valence-corrected chi connectivity index (χ1v) is 7.93. The smallest absolute Gasteiger partial charge is 0.117 e. The summed E-state index contributed by atoms with van der Waals surface area (Å²) in [5.74, 6) is 1.34. The number of benzene rings is 1. The molecule has 1 N–H and O–H groups in total. The third-order valence-electron chi connectivity index (χ3n) is 5.15. The fourth-order valence-corrected chi connectivity index (χ4v) is 3.68. The van der Waals surface area contributed by atoms with E-state index in [9.17, 15) is 0 Å². The molecule has 1 saturated heterocycles. The quantitative estimate of drug-likeness (QED) is 0.926. The molecule has 1 unspecified atom stereocenters. The molecule has 20 heavy (non-hydrogen) atoms. The molecule has 1 aromatic carbocycles. The lowest BCUT2D eigenvalue weighted by molar-refractivity contribution is 0.406. The van der Waals surface area contributed by atoms with Crippen molar-refractivity contribution < 1.29 is 0 Å². The summed E-state index contributed by atoms with van der Waals surface area (Å²) in [7, 11) is 0. The summed E-state index contributed by atoms with van der Waals surface area (Å²) >= 11 is 0. The molecule has 3 nitrogen and oxygen atoms in total. The van der Waals surface area contributed by atoms with Gasteiger partial charge in [-0.2, -0.15) is 0 Å². The molecule has 0 bridgehead atoms. The van der Waals surface area contributed by atoms with Crippen molar-refractivity contribution in [1.82, 2.24) is 14.9 Å². The molecule has 1 aliphatic carbocycles. The molecule has 106 valence electrons. The van der Waals surface area contributed by atoms with Crippen LogP contribution in [0.25, 0.3) is 11.0 Å². The Labute approximate surface area is 120 Å². The summed E-state index contributed by atoms with van der Waals surface area (Å²) in [6.07, 6.45) is 5.03. The molecule has 0 amide bonds. The fraction of sp³-hybridized carbons (Fsp3) is 0.588. The van der Waals surface area contributed by atoms with Crippen molar-refractivity contribution in [2.24, 2.45) is 0 Å². The number of aryl methyl sites for hydroxylation is 1. The van der Waals surface area contributed by atoms with Crippen molar-refractivity contribution in [3.63, 3.8) is 0 Å². The standard InChI is InChI=1S/C17H23N3/c1-3-17(8-9-18-11-17)16-19-14-10-12(2)4-7-15(14)20(16)13-5-6-13/h4,7,10,13,18H,3,5-6,8-9,11H2,1-2H3. The highest BCUT2D eigenvalue weighted by Crippen LogP contribution is 2.44. The summed E-state index contributed by atoms with van der Waals surface area (Å²) in [6, 6.07) is 7.43. The van der Waals surface area contributed by atoms with Gasteiger partial charge in [-0.1, -0.05) is 13.0 Å². The number of fused-ring (bicyclic) bond motifs is 1. The van der Waals surface area contributed by atoms with E-state index in [1.807, 2.05) is 0 Å². The van der Waals surface area contributed by atoms with Crippen LogP contribution in [0, 0.1) is 6.92 Å². The van der Waals surface area contributed by atoms with E-state index in [2.05, 4.69) is 41.9 Å². The van der Waals surface area contributed by atoms with Gasteiger partial charge >= 0.3 is 0 Å². The van der Waals surface area contributed by atoms with E-state index in [1.54, 1.807) is 0 Å². The highest BCUT2D eigenvalue weighted by Gasteiger charge is 2.41. The lowest BCUT2D eigenvalue weighted by Gasteiger charge is -2.27. The summed E-state index contributed by atoms with van der Waals surface area (Å²) < 4.78 is 2.56. The third-order valence-corrected chi connectivity index (χ3v) is 5.15. The lowest BCUT2D eigenvalue weighted by Crippen LogP contribution is -2.31. The summed E-state index contributed by atoms with van der Waals surface area (Å²) in [4.78, 5) is 5.08. The minimum Gasteiger partial charge on any atom is -0.324 e. The van der Waals surface area contributed by atoms with E-state index < -0.39 is 0 Å². The van der Waals surface area contributed by atoms with Crippen LogP contribution in [-0.2, 0) is 5.41 Å². The average molecular weight is 269 g/mol. The maximum Gasteiger partial charge on any atom is 0.117 e. The molecule has 1 saturated carbocycles. The molecule has 1 aromatic heterocycles. The number of hydrogen-bond donors (Lipinski definition) is 1. The highest BCUT2D eigenvalue weighted by atomic mass is 15.2. The van der Waals surface area contributed by atoms with Crippen molar-refractivity contribution in [3.05, 3.63) is 29.6 Å². The first-order chi connectivity index (χ1) is 9.73. The molecule has 1 atom stereocenters. The van der Waals surface area contributed by atoms with Gasteiger partial charge in [0.15, 0.2) is 0 Å². The molecule has 2 heterocycles. The highest BCUT2D eigenvalue weighted by molar-refractivity contribution is 5.77. The number of nitrogens with one attached hydrogen (secondary N) is 1. The second-order valence-electron chi connectivity index (χ2n) is 6.59. The van der Waals surface area contributed by atoms with Crippen molar-refractivity contribution in [2.45, 2.75) is 51.0 Å². The van der Waals surface area contributed by atoms with Gasteiger partial charge in [-0.05, 0) is 56.8 Å². The predicted octanol–water partition coefficient (Wildman–Crippen LogP) is 3.32. The van der Waals surface area contributed by atoms with Gasteiger partial charge in [0.1, 0.15) is 5.82 Å². The van der Waals surface area contributed by atoms with Gasteiger partial charge < -0.3 is 9.88 Å². The zero-order chi connectivity index (χ0) is 13.7. The lowest BCUT2D eigenvalue weighted by atomic mass is 9.83. The van der Waals surface area contributed by atoms with Crippen LogP contribution < -0.4 is 5.32 Å². The summed E-state index contributed by atoms with van der Waals surface area (Å²) in [6.45, 7) is 6.68. The van der Waals surface area contributed by atoms with Crippen LogP contribution in [0.4, 0.5) is 0 Å². The monoisotopic (exact) mass is 269 g/mol. The van der Waals surface area contributed by atoms with E-state index >= 15 is 0 Å². The largest absolute Gasteiger partial charge is 0.324 e. The fourth-order valence-electron chi connectivity index (χ4n) is 3.68. The van der Waals surface area contributed by atoms with E-state index in [0.29, 0.717) is 6.04 Å². The Balaban J connectivity index is 1.95. The molecule has 1 aliphatic heterocycles. The Hall–Kier alpha value is -1.35. The van der Waals surface area contributed by atoms with Crippen LogP contribution in [0.5, 0.6) is 0 Å². The van der Waals surface area contributed by atoms with Gasteiger partial charge in [-0.3, -0.25) is 0 Å². The Bertz CT molecular complexity index is 646. The first-order valence-electron chi connectivity index (χ1n) is 7.93. The normalized spacial score (nSPS) is 26.5.